The molecule has 1 heterocycles. The molecule has 0 amide bonds. The SMILES string of the molecule is O1[SiH2]O[SiH2]1.[Li+].[OH-]. The van der Waals surface area contributed by atoms with Crippen LogP contribution in [0.1, 0.15) is 0 Å². The van der Waals surface area contributed by atoms with Gasteiger partial charge >= 0.3 is 18.9 Å². The second-order valence-electron chi connectivity index (χ2n) is 0.644. The summed E-state index contributed by atoms with van der Waals surface area (Å²) < 4.78 is 9.56. The summed E-state index contributed by atoms with van der Waals surface area (Å²) in [4.78, 5) is 0. The standard InChI is InChI=1S/Li.H4O2Si2.H2O/c;1-3-2-4-1;/h;3-4H2;1H2/q+1;;/p-1. The molecule has 6 heavy (non-hydrogen) atoms. The van der Waals surface area contributed by atoms with Gasteiger partial charge in [-0.15, -0.1) is 0 Å². The molecule has 1 saturated heterocycles. The van der Waals surface area contributed by atoms with Gasteiger partial charge in [0.1, 0.15) is 0 Å². The van der Waals surface area contributed by atoms with Crippen LogP contribution in [0.15, 0.2) is 0 Å². The first-order valence-electron chi connectivity index (χ1n) is 1.15. The number of hydrogen-bond acceptors (Lipinski definition) is 3. The molecule has 0 aromatic rings. The van der Waals surface area contributed by atoms with Gasteiger partial charge in [0, 0.05) is 0 Å². The van der Waals surface area contributed by atoms with Crippen molar-refractivity contribution >= 4 is 20.0 Å². The quantitative estimate of drug-likeness (QED) is 0.297. The molecular formula is H5LiO3Si2. The molecule has 0 unspecified atom stereocenters. The van der Waals surface area contributed by atoms with Crippen LogP contribution in [0.4, 0.5) is 0 Å². The molecule has 1 aliphatic rings. The number of rotatable bonds is 0. The maximum Gasteiger partial charge on any atom is 1.00 e. The van der Waals surface area contributed by atoms with Gasteiger partial charge in [-0.25, -0.2) is 0 Å². The van der Waals surface area contributed by atoms with E-state index in [9.17, 15) is 0 Å². The fraction of sp³-hybridized carbons (Fsp3) is 0. The van der Waals surface area contributed by atoms with Crippen molar-refractivity contribution < 1.29 is 32.6 Å². The van der Waals surface area contributed by atoms with E-state index in [1.165, 1.54) is 0 Å². The Morgan fingerprint density at radius 2 is 1.17 bits per heavy atom. The van der Waals surface area contributed by atoms with Crippen molar-refractivity contribution in [3.05, 3.63) is 0 Å². The third-order valence-corrected chi connectivity index (χ3v) is 3.00. The molecule has 0 atom stereocenters. The minimum Gasteiger partial charge on any atom is -0.870 e. The van der Waals surface area contributed by atoms with E-state index in [0.717, 1.165) is 0 Å². The average Bonchev–Trinajstić information content (AvgIpc) is 0.722. The van der Waals surface area contributed by atoms with Crippen LogP contribution in [0.5, 0.6) is 0 Å². The summed E-state index contributed by atoms with van der Waals surface area (Å²) >= 11 is 0. The molecule has 0 saturated carbocycles. The number of hydrogen-bond donors (Lipinski definition) is 0. The summed E-state index contributed by atoms with van der Waals surface area (Å²) in [7, 11) is -0.667. The van der Waals surface area contributed by atoms with Crippen LogP contribution in [0, 0.1) is 0 Å². The molecule has 0 aromatic heterocycles. The predicted molar refractivity (Wildman–Crippen MR) is 21.2 cm³/mol. The molecule has 6 heteroatoms. The summed E-state index contributed by atoms with van der Waals surface area (Å²) in [6.45, 7) is 0. The predicted octanol–water partition coefficient (Wildman–Crippen LogP) is -5.14. The second kappa shape index (κ2) is 5.91. The molecule has 32 valence electrons. The van der Waals surface area contributed by atoms with Gasteiger partial charge in [-0.2, -0.15) is 0 Å². The van der Waals surface area contributed by atoms with E-state index in [-0.39, 0.29) is 44.4 Å². The first-order chi connectivity index (χ1) is 2.00. The summed E-state index contributed by atoms with van der Waals surface area (Å²) in [6, 6.07) is 0. The van der Waals surface area contributed by atoms with Gasteiger partial charge < -0.3 is 13.7 Å². The molecule has 0 aliphatic carbocycles. The van der Waals surface area contributed by atoms with Crippen molar-refractivity contribution in [3.63, 3.8) is 0 Å². The Morgan fingerprint density at radius 1 is 1.00 bits per heavy atom. The molecule has 1 N–H and O–H groups in total. The van der Waals surface area contributed by atoms with Gasteiger partial charge in [0.2, 0.25) is 0 Å². The minimum absolute atomic E-state index is 0. The second-order valence-corrected chi connectivity index (χ2v) is 4.38. The molecule has 0 aromatic carbocycles. The Kier molecular flexibility index (Phi) is 9.86. The molecule has 1 aliphatic heterocycles. The van der Waals surface area contributed by atoms with Crippen LogP contribution >= 0.6 is 0 Å². The fourth-order valence-corrected chi connectivity index (χ4v) is 0.750. The summed E-state index contributed by atoms with van der Waals surface area (Å²) in [6.07, 6.45) is 0. The molecule has 1 fully saturated rings. The zero-order valence-corrected chi connectivity index (χ0v) is 6.51. The molecule has 0 radical (unpaired) electrons. The van der Waals surface area contributed by atoms with E-state index in [1.807, 2.05) is 0 Å². The molecule has 3 nitrogen and oxygen atoms in total. The van der Waals surface area contributed by atoms with Gasteiger partial charge in [-0.05, 0) is 0 Å². The topological polar surface area (TPSA) is 48.5 Å². The van der Waals surface area contributed by atoms with Crippen molar-refractivity contribution in [2.45, 2.75) is 0 Å². The van der Waals surface area contributed by atoms with Crippen molar-refractivity contribution in [2.24, 2.45) is 0 Å². The van der Waals surface area contributed by atoms with Crippen LogP contribution in [-0.4, -0.2) is 25.5 Å². The summed E-state index contributed by atoms with van der Waals surface area (Å²) in [5.41, 5.74) is 0. The van der Waals surface area contributed by atoms with Crippen molar-refractivity contribution in [3.8, 4) is 0 Å². The normalized spacial score (nSPS) is 24.0. The van der Waals surface area contributed by atoms with Crippen molar-refractivity contribution in [1.82, 2.24) is 0 Å². The maximum atomic E-state index is 4.78. The molecule has 0 spiro atoms. The zero-order valence-electron chi connectivity index (χ0n) is 3.68. The van der Waals surface area contributed by atoms with Crippen LogP contribution < -0.4 is 18.9 Å². The summed E-state index contributed by atoms with van der Waals surface area (Å²) in [5.74, 6) is 0. The van der Waals surface area contributed by atoms with Gasteiger partial charge in [0.15, 0.2) is 0 Å². The van der Waals surface area contributed by atoms with E-state index < -0.39 is 0 Å². The van der Waals surface area contributed by atoms with Crippen LogP contribution in [0.2, 0.25) is 0 Å². The van der Waals surface area contributed by atoms with E-state index >= 15 is 0 Å². The monoisotopic (exact) mass is 116 g/mol. The van der Waals surface area contributed by atoms with Crippen LogP contribution in [-0.2, 0) is 8.23 Å². The Balaban J connectivity index is 0. The Bertz CT molecular complexity index is 16.8. The van der Waals surface area contributed by atoms with E-state index in [4.69, 9.17) is 8.23 Å². The van der Waals surface area contributed by atoms with Gasteiger partial charge in [0.25, 0.3) is 20.0 Å². The molecule has 0 bridgehead atoms. The molecular weight excluding hydrogens is 111 g/mol. The first kappa shape index (κ1) is 10.0. The van der Waals surface area contributed by atoms with Crippen LogP contribution in [0.3, 0.4) is 0 Å². The fourth-order valence-electron chi connectivity index (χ4n) is 0.0833. The Labute approximate surface area is 53.0 Å². The van der Waals surface area contributed by atoms with E-state index in [1.54, 1.807) is 0 Å². The minimum atomic E-state index is -0.333. The van der Waals surface area contributed by atoms with Gasteiger partial charge in [-0.3, -0.25) is 0 Å². The average molecular weight is 116 g/mol. The van der Waals surface area contributed by atoms with E-state index in [2.05, 4.69) is 0 Å². The first-order valence-corrected chi connectivity index (χ1v) is 3.46. The van der Waals surface area contributed by atoms with Crippen LogP contribution in [0.25, 0.3) is 0 Å². The Hall–Kier alpha value is 0.911. The van der Waals surface area contributed by atoms with Crippen molar-refractivity contribution in [1.29, 1.82) is 0 Å². The zero-order chi connectivity index (χ0) is 2.83. The van der Waals surface area contributed by atoms with E-state index in [0.29, 0.717) is 0 Å². The maximum absolute atomic E-state index is 4.78. The third kappa shape index (κ3) is 3.11. The van der Waals surface area contributed by atoms with Crippen molar-refractivity contribution in [2.75, 3.05) is 0 Å². The third-order valence-electron chi connectivity index (χ3n) is 0.333. The van der Waals surface area contributed by atoms with Gasteiger partial charge in [0.05, 0.1) is 0 Å². The summed E-state index contributed by atoms with van der Waals surface area (Å²) in [5, 5.41) is 0. The largest absolute Gasteiger partial charge is 1.00 e. The smallest absolute Gasteiger partial charge is 0.870 e. The van der Waals surface area contributed by atoms with Gasteiger partial charge in [-0.1, -0.05) is 0 Å². The Morgan fingerprint density at radius 3 is 1.17 bits per heavy atom. The molecule has 1 rings (SSSR count).